The number of nitrogens with zero attached hydrogens (tertiary/aromatic N) is 4. The van der Waals surface area contributed by atoms with Gasteiger partial charge in [-0.2, -0.15) is 5.26 Å². The molecule has 0 spiro atoms. The molecule has 1 aromatic carbocycles. The van der Waals surface area contributed by atoms with E-state index in [0.717, 1.165) is 41.3 Å². The summed E-state index contributed by atoms with van der Waals surface area (Å²) in [5.74, 6) is 0.861. The lowest BCUT2D eigenvalue weighted by molar-refractivity contribution is 0.0712. The first-order valence-electron chi connectivity index (χ1n) is 9.90. The van der Waals surface area contributed by atoms with Crippen LogP contribution in [0.5, 0.6) is 5.75 Å². The minimum Gasteiger partial charge on any atom is -0.490 e. The van der Waals surface area contributed by atoms with E-state index in [4.69, 9.17) is 14.5 Å². The standard InChI is InChI=1S/C21H22N4O3S/c1-27-11-14-8-13(9-24(14)12-22)25-10-17-19(21(25)26)29-20(23-17)16-4-2-3-5-18(16)28-15-6-7-15/h2-5,13-15H,6-11H2,1H3/t13-,14+/m1/s1. The second-order valence-electron chi connectivity index (χ2n) is 7.79. The molecule has 2 aliphatic heterocycles. The van der Waals surface area contributed by atoms with E-state index in [1.807, 2.05) is 29.2 Å². The molecule has 3 aliphatic rings. The molecule has 2 atom stereocenters. The maximum atomic E-state index is 13.1. The van der Waals surface area contributed by atoms with E-state index in [9.17, 15) is 10.1 Å². The van der Waals surface area contributed by atoms with Gasteiger partial charge in [-0.05, 0) is 31.4 Å². The van der Waals surface area contributed by atoms with E-state index in [1.54, 1.807) is 12.0 Å². The quantitative estimate of drug-likeness (QED) is 0.682. The zero-order valence-electron chi connectivity index (χ0n) is 16.2. The minimum absolute atomic E-state index is 0.0117. The van der Waals surface area contributed by atoms with E-state index in [2.05, 4.69) is 6.19 Å². The summed E-state index contributed by atoms with van der Waals surface area (Å²) < 4.78 is 11.3. The highest BCUT2D eigenvalue weighted by atomic mass is 32.1. The third kappa shape index (κ3) is 3.34. The number of amides is 1. The van der Waals surface area contributed by atoms with Crippen molar-refractivity contribution in [3.8, 4) is 22.5 Å². The molecule has 1 amide bonds. The Kier molecular flexibility index (Phi) is 4.64. The third-order valence-electron chi connectivity index (χ3n) is 5.73. The van der Waals surface area contributed by atoms with Gasteiger partial charge >= 0.3 is 0 Å². The number of methoxy groups -OCH3 is 1. The largest absolute Gasteiger partial charge is 0.490 e. The van der Waals surface area contributed by atoms with Gasteiger partial charge in [-0.1, -0.05) is 12.1 Å². The van der Waals surface area contributed by atoms with Crippen LogP contribution in [-0.4, -0.2) is 59.1 Å². The van der Waals surface area contributed by atoms with Gasteiger partial charge in [0.1, 0.15) is 15.6 Å². The molecule has 1 saturated carbocycles. The first-order chi connectivity index (χ1) is 14.2. The van der Waals surface area contributed by atoms with Crippen LogP contribution >= 0.6 is 11.3 Å². The molecule has 150 valence electrons. The van der Waals surface area contributed by atoms with Crippen molar-refractivity contribution in [2.75, 3.05) is 20.3 Å². The van der Waals surface area contributed by atoms with Gasteiger partial charge in [-0.25, -0.2) is 4.98 Å². The first-order valence-corrected chi connectivity index (χ1v) is 10.7. The number of fused-ring (bicyclic) bond motifs is 1. The molecule has 7 nitrogen and oxygen atoms in total. The molecule has 2 aromatic rings. The molecular weight excluding hydrogens is 388 g/mol. The number of carbonyl (C=O) groups excluding carboxylic acids is 1. The van der Waals surface area contributed by atoms with Gasteiger partial charge in [0, 0.05) is 13.7 Å². The molecule has 8 heteroatoms. The number of para-hydroxylation sites is 1. The highest BCUT2D eigenvalue weighted by molar-refractivity contribution is 7.17. The molecule has 0 radical (unpaired) electrons. The lowest BCUT2D eigenvalue weighted by Crippen LogP contribution is -2.37. The van der Waals surface area contributed by atoms with Gasteiger partial charge in [-0.15, -0.1) is 11.3 Å². The average Bonchev–Trinajstić information content (AvgIpc) is 3.18. The molecule has 5 rings (SSSR count). The van der Waals surface area contributed by atoms with Gasteiger partial charge in [0.05, 0.1) is 42.6 Å². The summed E-state index contributed by atoms with van der Waals surface area (Å²) in [5, 5.41) is 10.2. The Labute approximate surface area is 173 Å². The maximum Gasteiger partial charge on any atom is 0.266 e. The molecule has 1 aromatic heterocycles. The molecule has 0 N–H and O–H groups in total. The second-order valence-corrected chi connectivity index (χ2v) is 8.79. The summed E-state index contributed by atoms with van der Waals surface area (Å²) in [6.45, 7) is 1.55. The van der Waals surface area contributed by atoms with Gasteiger partial charge in [0.2, 0.25) is 0 Å². The lowest BCUT2D eigenvalue weighted by atomic mass is 10.1. The van der Waals surface area contributed by atoms with Crippen LogP contribution in [0.1, 0.15) is 34.6 Å². The predicted molar refractivity (Wildman–Crippen MR) is 107 cm³/mol. The number of thiazole rings is 1. The maximum absolute atomic E-state index is 13.1. The Balaban J connectivity index is 1.35. The lowest BCUT2D eigenvalue weighted by Gasteiger charge is -2.22. The van der Waals surface area contributed by atoms with Gasteiger partial charge < -0.3 is 19.3 Å². The van der Waals surface area contributed by atoms with Crippen LogP contribution < -0.4 is 4.74 Å². The summed E-state index contributed by atoms with van der Waals surface area (Å²) in [6, 6.07) is 7.95. The van der Waals surface area contributed by atoms with E-state index in [1.165, 1.54) is 11.3 Å². The van der Waals surface area contributed by atoms with Crippen molar-refractivity contribution >= 4 is 17.2 Å². The Morgan fingerprint density at radius 1 is 1.34 bits per heavy atom. The van der Waals surface area contributed by atoms with Crippen molar-refractivity contribution < 1.29 is 14.3 Å². The molecule has 29 heavy (non-hydrogen) atoms. The summed E-state index contributed by atoms with van der Waals surface area (Å²) in [7, 11) is 1.64. The fourth-order valence-corrected chi connectivity index (χ4v) is 5.16. The summed E-state index contributed by atoms with van der Waals surface area (Å²) in [4.78, 5) is 22.2. The molecular formula is C21H22N4O3S. The van der Waals surface area contributed by atoms with Crippen LogP contribution in [0.25, 0.3) is 10.6 Å². The first kappa shape index (κ1) is 18.4. The van der Waals surface area contributed by atoms with Crippen molar-refractivity contribution in [2.45, 2.75) is 44.0 Å². The molecule has 1 aliphatic carbocycles. The van der Waals surface area contributed by atoms with Gasteiger partial charge in [0.25, 0.3) is 5.91 Å². The highest BCUT2D eigenvalue weighted by Crippen LogP contribution is 2.40. The number of likely N-dealkylation sites (tertiary alicyclic amines) is 1. The van der Waals surface area contributed by atoms with Gasteiger partial charge in [-0.3, -0.25) is 4.79 Å². The molecule has 3 heterocycles. The van der Waals surface area contributed by atoms with Crippen LogP contribution in [0, 0.1) is 11.5 Å². The van der Waals surface area contributed by atoms with E-state index < -0.39 is 0 Å². The normalized spacial score (nSPS) is 23.4. The fourth-order valence-electron chi connectivity index (χ4n) is 4.10. The number of rotatable bonds is 6. The van der Waals surface area contributed by atoms with Crippen LogP contribution in [0.2, 0.25) is 0 Å². The zero-order chi connectivity index (χ0) is 20.0. The fraction of sp³-hybridized carbons (Fsp3) is 0.476. The Morgan fingerprint density at radius 2 is 2.17 bits per heavy atom. The number of benzene rings is 1. The third-order valence-corrected chi connectivity index (χ3v) is 6.85. The SMILES string of the molecule is COC[C@@H]1C[C@@H](N2Cc3nc(-c4ccccc4OC4CC4)sc3C2=O)CN1C#N. The zero-order valence-corrected chi connectivity index (χ0v) is 17.0. The molecule has 0 bridgehead atoms. The molecule has 1 saturated heterocycles. The number of ether oxygens (including phenoxy) is 2. The number of hydrogen-bond donors (Lipinski definition) is 0. The Bertz CT molecular complexity index is 981. The van der Waals surface area contributed by atoms with Crippen LogP contribution in [0.4, 0.5) is 0 Å². The van der Waals surface area contributed by atoms with Crippen molar-refractivity contribution in [3.05, 3.63) is 34.8 Å². The number of hydrogen-bond acceptors (Lipinski definition) is 7. The monoisotopic (exact) mass is 410 g/mol. The number of carbonyl (C=O) groups is 1. The predicted octanol–water partition coefficient (Wildman–Crippen LogP) is 2.88. The van der Waals surface area contributed by atoms with Crippen LogP contribution in [0.15, 0.2) is 24.3 Å². The van der Waals surface area contributed by atoms with Crippen molar-refractivity contribution in [2.24, 2.45) is 0 Å². The number of nitriles is 1. The summed E-state index contributed by atoms with van der Waals surface area (Å²) in [5.41, 5.74) is 1.78. The smallest absolute Gasteiger partial charge is 0.266 e. The topological polar surface area (TPSA) is 78.7 Å². The van der Waals surface area contributed by atoms with E-state index in [0.29, 0.717) is 30.7 Å². The van der Waals surface area contributed by atoms with E-state index in [-0.39, 0.29) is 18.0 Å². The Morgan fingerprint density at radius 3 is 2.90 bits per heavy atom. The van der Waals surface area contributed by atoms with E-state index >= 15 is 0 Å². The summed E-state index contributed by atoms with van der Waals surface area (Å²) in [6.07, 6.45) is 5.48. The van der Waals surface area contributed by atoms with Crippen molar-refractivity contribution in [1.82, 2.24) is 14.8 Å². The molecule has 0 unspecified atom stereocenters. The van der Waals surface area contributed by atoms with Crippen molar-refractivity contribution in [1.29, 1.82) is 5.26 Å². The van der Waals surface area contributed by atoms with Crippen molar-refractivity contribution in [3.63, 3.8) is 0 Å². The van der Waals surface area contributed by atoms with Crippen LogP contribution in [-0.2, 0) is 11.3 Å². The summed E-state index contributed by atoms with van der Waals surface area (Å²) >= 11 is 1.44. The molecule has 2 fully saturated rings. The number of aromatic nitrogens is 1. The second kappa shape index (κ2) is 7.32. The van der Waals surface area contributed by atoms with Gasteiger partial charge in [0.15, 0.2) is 6.19 Å². The van der Waals surface area contributed by atoms with Crippen LogP contribution in [0.3, 0.4) is 0 Å². The minimum atomic E-state index is 0.0117. The average molecular weight is 410 g/mol. The highest BCUT2D eigenvalue weighted by Gasteiger charge is 2.42. The Hall–Kier alpha value is -2.63.